The number of aliphatic hydroxyl groups excluding tert-OH is 1. The summed E-state index contributed by atoms with van der Waals surface area (Å²) in [5.41, 5.74) is 8.54. The quantitative estimate of drug-likeness (QED) is 0.793. The lowest BCUT2D eigenvalue weighted by Crippen LogP contribution is -2.38. The van der Waals surface area contributed by atoms with E-state index in [-0.39, 0.29) is 12.0 Å². The second kappa shape index (κ2) is 4.62. The summed E-state index contributed by atoms with van der Waals surface area (Å²) in [6.45, 7) is 8.28. The van der Waals surface area contributed by atoms with Crippen molar-refractivity contribution in [3.05, 3.63) is 29.6 Å². The first-order chi connectivity index (χ1) is 8.71. The van der Waals surface area contributed by atoms with Crippen LogP contribution in [-0.4, -0.2) is 21.7 Å². The largest absolute Gasteiger partial charge is 0.394 e. The molecule has 4 nitrogen and oxygen atoms in total. The van der Waals surface area contributed by atoms with Gasteiger partial charge in [0, 0.05) is 0 Å². The second-order valence-corrected chi connectivity index (χ2v) is 6.75. The molecule has 0 saturated heterocycles. The molecule has 0 aliphatic heterocycles. The van der Waals surface area contributed by atoms with Crippen LogP contribution in [0.4, 0.5) is 0 Å². The number of nitrogens with one attached hydrogen (secondary N) is 1. The van der Waals surface area contributed by atoms with Crippen molar-refractivity contribution in [2.45, 2.75) is 39.7 Å². The molecule has 1 aromatic heterocycles. The van der Waals surface area contributed by atoms with Gasteiger partial charge in [0.1, 0.15) is 5.82 Å². The molecule has 4 heteroatoms. The van der Waals surface area contributed by atoms with Gasteiger partial charge in [-0.1, -0.05) is 26.8 Å². The van der Waals surface area contributed by atoms with E-state index in [9.17, 15) is 5.11 Å². The summed E-state index contributed by atoms with van der Waals surface area (Å²) in [5, 5.41) is 9.30. The molecule has 0 bridgehead atoms. The van der Waals surface area contributed by atoms with Gasteiger partial charge >= 0.3 is 0 Å². The van der Waals surface area contributed by atoms with Gasteiger partial charge in [0.2, 0.25) is 0 Å². The van der Waals surface area contributed by atoms with Gasteiger partial charge in [-0.2, -0.15) is 0 Å². The van der Waals surface area contributed by atoms with Gasteiger partial charge in [0.05, 0.1) is 23.2 Å². The molecule has 1 atom stereocenters. The lowest BCUT2D eigenvalue weighted by atomic mass is 9.88. The number of aromatic amines is 1. The highest BCUT2D eigenvalue weighted by Crippen LogP contribution is 2.24. The maximum atomic E-state index is 9.30. The standard InChI is InChI=1S/C15H23N3O/c1-14(2,3)8-10-5-6-11-12(7-10)18-13(17-11)15(4,16)9-19/h5-7,19H,8-9,16H2,1-4H3,(H,17,18). The Morgan fingerprint density at radius 1 is 1.26 bits per heavy atom. The number of nitrogens with zero attached hydrogens (tertiary/aromatic N) is 1. The minimum absolute atomic E-state index is 0.137. The monoisotopic (exact) mass is 261 g/mol. The van der Waals surface area contributed by atoms with Crippen molar-refractivity contribution in [2.24, 2.45) is 11.1 Å². The number of rotatable bonds is 3. The van der Waals surface area contributed by atoms with Crippen LogP contribution in [0.2, 0.25) is 0 Å². The fraction of sp³-hybridized carbons (Fsp3) is 0.533. The van der Waals surface area contributed by atoms with Gasteiger partial charge in [0.25, 0.3) is 0 Å². The Bertz CT molecular complexity index is 579. The van der Waals surface area contributed by atoms with E-state index in [0.29, 0.717) is 5.82 Å². The van der Waals surface area contributed by atoms with Crippen LogP contribution in [0.15, 0.2) is 18.2 Å². The van der Waals surface area contributed by atoms with E-state index in [2.05, 4.69) is 42.9 Å². The number of benzene rings is 1. The van der Waals surface area contributed by atoms with Crippen molar-refractivity contribution < 1.29 is 5.11 Å². The van der Waals surface area contributed by atoms with E-state index in [0.717, 1.165) is 17.5 Å². The van der Waals surface area contributed by atoms with Crippen LogP contribution in [-0.2, 0) is 12.0 Å². The third kappa shape index (κ3) is 3.14. The third-order valence-electron chi connectivity index (χ3n) is 3.15. The SMILES string of the molecule is CC(C)(C)Cc1ccc2[nH]c(C(C)(N)CO)nc2c1. The number of aliphatic hydroxyl groups is 1. The summed E-state index contributed by atoms with van der Waals surface area (Å²) < 4.78 is 0. The summed E-state index contributed by atoms with van der Waals surface area (Å²) >= 11 is 0. The minimum Gasteiger partial charge on any atom is -0.394 e. The van der Waals surface area contributed by atoms with Crippen LogP contribution in [0.25, 0.3) is 11.0 Å². The molecule has 0 aliphatic carbocycles. The maximum Gasteiger partial charge on any atom is 0.129 e. The molecular weight excluding hydrogens is 238 g/mol. The maximum absolute atomic E-state index is 9.30. The molecule has 19 heavy (non-hydrogen) atoms. The smallest absolute Gasteiger partial charge is 0.129 e. The van der Waals surface area contributed by atoms with Crippen molar-refractivity contribution in [1.82, 2.24) is 9.97 Å². The zero-order chi connectivity index (χ0) is 14.3. The summed E-state index contributed by atoms with van der Waals surface area (Å²) in [4.78, 5) is 7.69. The molecule has 0 saturated carbocycles. The Hall–Kier alpha value is -1.39. The topological polar surface area (TPSA) is 74.9 Å². The normalized spacial score (nSPS) is 15.7. The van der Waals surface area contributed by atoms with E-state index in [1.54, 1.807) is 6.92 Å². The molecule has 0 amide bonds. The Morgan fingerprint density at radius 3 is 2.53 bits per heavy atom. The van der Waals surface area contributed by atoms with E-state index in [4.69, 9.17) is 5.73 Å². The van der Waals surface area contributed by atoms with Crippen LogP contribution in [0.3, 0.4) is 0 Å². The van der Waals surface area contributed by atoms with Gasteiger partial charge in [-0.15, -0.1) is 0 Å². The molecule has 0 fully saturated rings. The van der Waals surface area contributed by atoms with Crippen LogP contribution in [0, 0.1) is 5.41 Å². The molecule has 2 rings (SSSR count). The highest BCUT2D eigenvalue weighted by Gasteiger charge is 2.24. The van der Waals surface area contributed by atoms with Crippen molar-refractivity contribution in [3.63, 3.8) is 0 Å². The zero-order valence-corrected chi connectivity index (χ0v) is 12.1. The molecule has 0 radical (unpaired) electrons. The molecule has 4 N–H and O–H groups in total. The van der Waals surface area contributed by atoms with E-state index < -0.39 is 5.54 Å². The molecule has 0 spiro atoms. The molecule has 1 aromatic carbocycles. The van der Waals surface area contributed by atoms with Gasteiger partial charge in [-0.05, 0) is 36.5 Å². The van der Waals surface area contributed by atoms with Gasteiger partial charge in [0.15, 0.2) is 0 Å². The predicted octanol–water partition coefficient (Wildman–Crippen LogP) is 2.32. The Morgan fingerprint density at radius 2 is 1.95 bits per heavy atom. The van der Waals surface area contributed by atoms with E-state index >= 15 is 0 Å². The number of H-pyrrole nitrogens is 1. The van der Waals surface area contributed by atoms with Gasteiger partial charge < -0.3 is 15.8 Å². The summed E-state index contributed by atoms with van der Waals surface area (Å²) in [6, 6.07) is 6.23. The summed E-state index contributed by atoms with van der Waals surface area (Å²) in [5.74, 6) is 0.623. The highest BCUT2D eigenvalue weighted by molar-refractivity contribution is 5.76. The molecule has 0 aliphatic rings. The summed E-state index contributed by atoms with van der Waals surface area (Å²) in [6.07, 6.45) is 1.00. The zero-order valence-electron chi connectivity index (χ0n) is 12.1. The van der Waals surface area contributed by atoms with Crippen LogP contribution >= 0.6 is 0 Å². The lowest BCUT2D eigenvalue weighted by Gasteiger charge is -2.18. The predicted molar refractivity (Wildman–Crippen MR) is 77.9 cm³/mol. The van der Waals surface area contributed by atoms with Crippen LogP contribution < -0.4 is 5.73 Å². The first-order valence-corrected chi connectivity index (χ1v) is 6.60. The Kier molecular flexibility index (Phi) is 3.41. The number of nitrogens with two attached hydrogens (primary N) is 1. The first-order valence-electron chi connectivity index (χ1n) is 6.60. The number of hydrogen-bond donors (Lipinski definition) is 3. The Labute approximate surface area is 114 Å². The second-order valence-electron chi connectivity index (χ2n) is 6.75. The lowest BCUT2D eigenvalue weighted by molar-refractivity contribution is 0.204. The number of fused-ring (bicyclic) bond motifs is 1. The van der Waals surface area contributed by atoms with Crippen LogP contribution in [0.1, 0.15) is 39.1 Å². The van der Waals surface area contributed by atoms with E-state index in [1.165, 1.54) is 5.56 Å². The van der Waals surface area contributed by atoms with Crippen molar-refractivity contribution in [1.29, 1.82) is 0 Å². The molecule has 1 unspecified atom stereocenters. The molecule has 2 aromatic rings. The van der Waals surface area contributed by atoms with E-state index in [1.807, 2.05) is 6.07 Å². The fourth-order valence-electron chi connectivity index (χ4n) is 2.12. The summed E-state index contributed by atoms with van der Waals surface area (Å²) in [7, 11) is 0. The van der Waals surface area contributed by atoms with Crippen molar-refractivity contribution in [2.75, 3.05) is 6.61 Å². The number of hydrogen-bond acceptors (Lipinski definition) is 3. The average Bonchev–Trinajstić information content (AvgIpc) is 2.70. The van der Waals surface area contributed by atoms with Crippen molar-refractivity contribution >= 4 is 11.0 Å². The molecular formula is C15H23N3O. The average molecular weight is 261 g/mol. The third-order valence-corrected chi connectivity index (χ3v) is 3.15. The van der Waals surface area contributed by atoms with Gasteiger partial charge in [-0.25, -0.2) is 4.98 Å². The molecule has 1 heterocycles. The Balaban J connectivity index is 2.39. The highest BCUT2D eigenvalue weighted by atomic mass is 16.3. The van der Waals surface area contributed by atoms with Crippen LogP contribution in [0.5, 0.6) is 0 Å². The first kappa shape index (κ1) is 14.0. The minimum atomic E-state index is -0.830. The number of imidazole rings is 1. The number of aromatic nitrogens is 2. The van der Waals surface area contributed by atoms with Gasteiger partial charge in [-0.3, -0.25) is 0 Å². The fourth-order valence-corrected chi connectivity index (χ4v) is 2.12. The van der Waals surface area contributed by atoms with Crippen molar-refractivity contribution in [3.8, 4) is 0 Å². The molecule has 104 valence electrons.